The van der Waals surface area contributed by atoms with Gasteiger partial charge in [0.15, 0.2) is 5.69 Å². The van der Waals surface area contributed by atoms with Crippen molar-refractivity contribution in [3.05, 3.63) is 24.0 Å². The van der Waals surface area contributed by atoms with Gasteiger partial charge in [-0.2, -0.15) is 0 Å². The summed E-state index contributed by atoms with van der Waals surface area (Å²) < 4.78 is 0. The first-order valence-corrected chi connectivity index (χ1v) is 6.56. The summed E-state index contributed by atoms with van der Waals surface area (Å²) in [5, 5.41) is 11.5. The van der Waals surface area contributed by atoms with Gasteiger partial charge in [-0.05, 0) is 31.4 Å². The summed E-state index contributed by atoms with van der Waals surface area (Å²) in [6.07, 6.45) is 3.44. The molecule has 0 aromatic carbocycles. The molecule has 1 fully saturated rings. The molecule has 1 aliphatic heterocycles. The third-order valence-electron chi connectivity index (χ3n) is 3.34. The number of carbonyl (C=O) groups is 3. The van der Waals surface area contributed by atoms with Crippen molar-refractivity contribution in [3.63, 3.8) is 0 Å². The number of urea groups is 1. The SMILES string of the molecule is NC(=O)C1CCCCN1C(=O)Nc1cccnc1C(=O)O. The highest BCUT2D eigenvalue weighted by molar-refractivity contribution is 5.99. The Morgan fingerprint density at radius 3 is 2.81 bits per heavy atom. The Hall–Kier alpha value is -2.64. The van der Waals surface area contributed by atoms with E-state index < -0.39 is 23.9 Å². The number of carbonyl (C=O) groups excluding carboxylic acids is 2. The number of nitrogens with one attached hydrogen (secondary N) is 1. The second-order valence-corrected chi connectivity index (χ2v) is 4.74. The molecule has 8 nitrogen and oxygen atoms in total. The zero-order valence-electron chi connectivity index (χ0n) is 11.3. The predicted molar refractivity (Wildman–Crippen MR) is 73.8 cm³/mol. The van der Waals surface area contributed by atoms with E-state index in [1.165, 1.54) is 23.2 Å². The number of rotatable bonds is 3. The van der Waals surface area contributed by atoms with Crippen molar-refractivity contribution >= 4 is 23.6 Å². The number of nitrogens with zero attached hydrogens (tertiary/aromatic N) is 2. The Bertz CT molecular complexity index is 575. The number of piperidine rings is 1. The smallest absolute Gasteiger partial charge is 0.356 e. The highest BCUT2D eigenvalue weighted by atomic mass is 16.4. The fourth-order valence-corrected chi connectivity index (χ4v) is 2.33. The second-order valence-electron chi connectivity index (χ2n) is 4.74. The van der Waals surface area contributed by atoms with Crippen LogP contribution in [0.5, 0.6) is 0 Å². The second kappa shape index (κ2) is 6.21. The van der Waals surface area contributed by atoms with E-state index in [-0.39, 0.29) is 11.4 Å². The van der Waals surface area contributed by atoms with Gasteiger partial charge in [-0.25, -0.2) is 14.6 Å². The lowest BCUT2D eigenvalue weighted by atomic mass is 10.0. The van der Waals surface area contributed by atoms with Crippen molar-refractivity contribution in [2.45, 2.75) is 25.3 Å². The van der Waals surface area contributed by atoms with Crippen molar-refractivity contribution in [1.82, 2.24) is 9.88 Å². The molecule has 0 aliphatic carbocycles. The fraction of sp³-hybridized carbons (Fsp3) is 0.385. The van der Waals surface area contributed by atoms with E-state index in [4.69, 9.17) is 10.8 Å². The van der Waals surface area contributed by atoms with E-state index in [9.17, 15) is 14.4 Å². The number of anilines is 1. The molecule has 2 heterocycles. The van der Waals surface area contributed by atoms with Gasteiger partial charge >= 0.3 is 12.0 Å². The van der Waals surface area contributed by atoms with Crippen LogP contribution in [0.15, 0.2) is 18.3 Å². The van der Waals surface area contributed by atoms with E-state index >= 15 is 0 Å². The van der Waals surface area contributed by atoms with E-state index in [2.05, 4.69) is 10.3 Å². The average Bonchev–Trinajstić information content (AvgIpc) is 2.47. The lowest BCUT2D eigenvalue weighted by Gasteiger charge is -2.33. The van der Waals surface area contributed by atoms with Gasteiger partial charge in [-0.1, -0.05) is 0 Å². The molecule has 0 spiro atoms. The first-order valence-electron chi connectivity index (χ1n) is 6.56. The van der Waals surface area contributed by atoms with Crippen LogP contribution in [0.25, 0.3) is 0 Å². The van der Waals surface area contributed by atoms with Gasteiger partial charge in [0.25, 0.3) is 0 Å². The number of likely N-dealkylation sites (tertiary alicyclic amines) is 1. The van der Waals surface area contributed by atoms with Crippen LogP contribution in [-0.4, -0.2) is 45.5 Å². The molecular formula is C13H16N4O4. The largest absolute Gasteiger partial charge is 0.476 e. The molecule has 1 saturated heterocycles. The van der Waals surface area contributed by atoms with Crippen LogP contribution in [0.3, 0.4) is 0 Å². The molecule has 3 amide bonds. The molecule has 1 unspecified atom stereocenters. The standard InChI is InChI=1S/C13H16N4O4/c14-11(18)9-5-1-2-7-17(9)13(21)16-8-4-3-6-15-10(8)12(19)20/h3-4,6,9H,1-2,5,7H2,(H2,14,18)(H,16,21)(H,19,20). The summed E-state index contributed by atoms with van der Waals surface area (Å²) in [5.41, 5.74) is 5.14. The van der Waals surface area contributed by atoms with Crippen molar-refractivity contribution in [2.75, 3.05) is 11.9 Å². The van der Waals surface area contributed by atoms with E-state index in [1.54, 1.807) is 0 Å². The Balaban J connectivity index is 2.17. The monoisotopic (exact) mass is 292 g/mol. The Morgan fingerprint density at radius 2 is 2.14 bits per heavy atom. The van der Waals surface area contributed by atoms with E-state index in [0.717, 1.165) is 12.8 Å². The molecule has 1 aromatic heterocycles. The average molecular weight is 292 g/mol. The normalized spacial score (nSPS) is 18.1. The minimum atomic E-state index is -1.24. The third kappa shape index (κ3) is 3.28. The number of amides is 3. The number of hydrogen-bond donors (Lipinski definition) is 3. The first-order chi connectivity index (χ1) is 10.0. The number of aromatic carboxylic acids is 1. The van der Waals surface area contributed by atoms with Gasteiger partial charge in [0, 0.05) is 12.7 Å². The summed E-state index contributed by atoms with van der Waals surface area (Å²) in [5.74, 6) is -1.80. The maximum atomic E-state index is 12.2. The number of primary amides is 1. The van der Waals surface area contributed by atoms with Crippen LogP contribution in [-0.2, 0) is 4.79 Å². The van der Waals surface area contributed by atoms with Gasteiger partial charge in [-0.3, -0.25) is 4.79 Å². The number of hydrogen-bond acceptors (Lipinski definition) is 4. The first kappa shape index (κ1) is 14.8. The molecule has 8 heteroatoms. The minimum absolute atomic E-state index is 0.0868. The van der Waals surface area contributed by atoms with Crippen LogP contribution >= 0.6 is 0 Å². The topological polar surface area (TPSA) is 126 Å². The number of nitrogens with two attached hydrogens (primary N) is 1. The molecule has 4 N–H and O–H groups in total. The van der Waals surface area contributed by atoms with Gasteiger partial charge in [0.1, 0.15) is 6.04 Å². The molecule has 0 saturated carbocycles. The number of aromatic nitrogens is 1. The van der Waals surface area contributed by atoms with Crippen LogP contribution in [0.1, 0.15) is 29.8 Å². The molecule has 1 atom stereocenters. The van der Waals surface area contributed by atoms with Crippen LogP contribution < -0.4 is 11.1 Å². The number of carboxylic acids is 1. The summed E-state index contributed by atoms with van der Waals surface area (Å²) in [6.45, 7) is 0.405. The molecule has 1 aromatic rings. The zero-order chi connectivity index (χ0) is 15.4. The van der Waals surface area contributed by atoms with E-state index in [1.807, 2.05) is 0 Å². The highest BCUT2D eigenvalue weighted by Gasteiger charge is 2.31. The van der Waals surface area contributed by atoms with Crippen molar-refractivity contribution in [2.24, 2.45) is 5.73 Å². The third-order valence-corrected chi connectivity index (χ3v) is 3.34. The van der Waals surface area contributed by atoms with Gasteiger partial charge < -0.3 is 21.1 Å². The molecular weight excluding hydrogens is 276 g/mol. The van der Waals surface area contributed by atoms with Crippen LogP contribution in [0, 0.1) is 0 Å². The molecule has 2 rings (SSSR count). The van der Waals surface area contributed by atoms with Crippen LogP contribution in [0.2, 0.25) is 0 Å². The van der Waals surface area contributed by atoms with Gasteiger partial charge in [-0.15, -0.1) is 0 Å². The Kier molecular flexibility index (Phi) is 4.36. The highest BCUT2D eigenvalue weighted by Crippen LogP contribution is 2.19. The van der Waals surface area contributed by atoms with Crippen molar-refractivity contribution in [1.29, 1.82) is 0 Å². The molecule has 112 valence electrons. The summed E-state index contributed by atoms with van der Waals surface area (Å²) in [7, 11) is 0. The Morgan fingerprint density at radius 1 is 1.38 bits per heavy atom. The summed E-state index contributed by atoms with van der Waals surface area (Å²) >= 11 is 0. The van der Waals surface area contributed by atoms with E-state index in [0.29, 0.717) is 13.0 Å². The lowest BCUT2D eigenvalue weighted by molar-refractivity contribution is -0.123. The maximum absolute atomic E-state index is 12.2. The number of carboxylic acid groups (broad SMARTS) is 1. The summed E-state index contributed by atoms with van der Waals surface area (Å²) in [6, 6.07) is 1.75. The number of pyridine rings is 1. The van der Waals surface area contributed by atoms with Gasteiger partial charge in [0.05, 0.1) is 5.69 Å². The molecule has 0 radical (unpaired) electrons. The molecule has 1 aliphatic rings. The molecule has 21 heavy (non-hydrogen) atoms. The lowest BCUT2D eigenvalue weighted by Crippen LogP contribution is -2.52. The summed E-state index contributed by atoms with van der Waals surface area (Å²) in [4.78, 5) is 39.7. The Labute approximate surface area is 120 Å². The fourth-order valence-electron chi connectivity index (χ4n) is 2.33. The van der Waals surface area contributed by atoms with Crippen LogP contribution in [0.4, 0.5) is 10.5 Å². The van der Waals surface area contributed by atoms with Crippen molar-refractivity contribution in [3.8, 4) is 0 Å². The predicted octanol–water partition coefficient (Wildman–Crippen LogP) is 0.651. The van der Waals surface area contributed by atoms with Crippen molar-refractivity contribution < 1.29 is 19.5 Å². The van der Waals surface area contributed by atoms with Gasteiger partial charge in [0.2, 0.25) is 5.91 Å². The minimum Gasteiger partial charge on any atom is -0.476 e. The zero-order valence-corrected chi connectivity index (χ0v) is 11.3. The molecule has 0 bridgehead atoms. The maximum Gasteiger partial charge on any atom is 0.356 e. The quantitative estimate of drug-likeness (QED) is 0.754.